The summed E-state index contributed by atoms with van der Waals surface area (Å²) >= 11 is 0. The van der Waals surface area contributed by atoms with E-state index in [0.717, 1.165) is 19.4 Å². The second-order valence-corrected chi connectivity index (χ2v) is 6.00. The Hall–Kier alpha value is -1.11. The molecule has 0 radical (unpaired) electrons. The van der Waals surface area contributed by atoms with Crippen LogP contribution in [0.15, 0.2) is 29.2 Å². The molecule has 18 heavy (non-hydrogen) atoms. The first-order valence-corrected chi connectivity index (χ1v) is 7.48. The molecule has 1 aliphatic rings. The highest BCUT2D eigenvalue weighted by atomic mass is 32.2. The molecule has 0 aromatic heterocycles. The molecule has 1 aromatic rings. The SMILES string of the molecule is COc1ccccc1S(=O)(=O)N[C@@H]1CCCNC1. The molecule has 6 heteroatoms. The first kappa shape index (κ1) is 13.3. The molecule has 1 aromatic carbocycles. The molecule has 1 aliphatic heterocycles. The van der Waals surface area contributed by atoms with Gasteiger partial charge in [0.05, 0.1) is 7.11 Å². The maximum absolute atomic E-state index is 12.3. The molecule has 1 fully saturated rings. The van der Waals surface area contributed by atoms with Gasteiger partial charge in [-0.1, -0.05) is 12.1 Å². The fraction of sp³-hybridized carbons (Fsp3) is 0.500. The van der Waals surface area contributed by atoms with Crippen molar-refractivity contribution in [2.24, 2.45) is 0 Å². The predicted octanol–water partition coefficient (Wildman–Crippen LogP) is 0.725. The lowest BCUT2D eigenvalue weighted by atomic mass is 10.1. The fourth-order valence-electron chi connectivity index (χ4n) is 2.08. The summed E-state index contributed by atoms with van der Waals surface area (Å²) < 4.78 is 32.3. The third-order valence-electron chi connectivity index (χ3n) is 2.98. The fourth-order valence-corrected chi connectivity index (χ4v) is 3.52. The van der Waals surface area contributed by atoms with Crippen LogP contribution in [0.4, 0.5) is 0 Å². The second kappa shape index (κ2) is 5.69. The van der Waals surface area contributed by atoms with Gasteiger partial charge in [-0.2, -0.15) is 0 Å². The quantitative estimate of drug-likeness (QED) is 0.846. The van der Waals surface area contributed by atoms with Crippen molar-refractivity contribution in [3.05, 3.63) is 24.3 Å². The minimum atomic E-state index is -3.52. The highest BCUT2D eigenvalue weighted by Gasteiger charge is 2.24. The van der Waals surface area contributed by atoms with Gasteiger partial charge in [-0.25, -0.2) is 13.1 Å². The zero-order valence-electron chi connectivity index (χ0n) is 10.3. The summed E-state index contributed by atoms with van der Waals surface area (Å²) in [5.41, 5.74) is 0. The number of sulfonamides is 1. The van der Waals surface area contributed by atoms with Crippen LogP contribution in [-0.4, -0.2) is 34.7 Å². The number of rotatable bonds is 4. The van der Waals surface area contributed by atoms with E-state index >= 15 is 0 Å². The molecule has 100 valence electrons. The molecule has 0 bridgehead atoms. The molecule has 1 heterocycles. The Morgan fingerprint density at radius 2 is 2.17 bits per heavy atom. The van der Waals surface area contributed by atoms with E-state index in [-0.39, 0.29) is 10.9 Å². The average molecular weight is 270 g/mol. The van der Waals surface area contributed by atoms with Crippen LogP contribution < -0.4 is 14.8 Å². The van der Waals surface area contributed by atoms with Crippen molar-refractivity contribution in [3.63, 3.8) is 0 Å². The third-order valence-corrected chi connectivity index (χ3v) is 4.54. The van der Waals surface area contributed by atoms with E-state index in [1.807, 2.05) is 0 Å². The maximum atomic E-state index is 12.3. The van der Waals surface area contributed by atoms with E-state index in [1.165, 1.54) is 7.11 Å². The Labute approximate surface area is 108 Å². The topological polar surface area (TPSA) is 67.4 Å². The summed E-state index contributed by atoms with van der Waals surface area (Å²) in [5.74, 6) is 0.369. The lowest BCUT2D eigenvalue weighted by molar-refractivity contribution is 0.399. The molecular weight excluding hydrogens is 252 g/mol. The molecule has 0 spiro atoms. The maximum Gasteiger partial charge on any atom is 0.244 e. The van der Waals surface area contributed by atoms with Crippen LogP contribution in [0.1, 0.15) is 12.8 Å². The summed E-state index contributed by atoms with van der Waals surface area (Å²) in [6.45, 7) is 1.63. The number of para-hydroxylation sites is 1. The van der Waals surface area contributed by atoms with Gasteiger partial charge in [0.15, 0.2) is 0 Å². The van der Waals surface area contributed by atoms with E-state index in [0.29, 0.717) is 12.3 Å². The smallest absolute Gasteiger partial charge is 0.244 e. The van der Waals surface area contributed by atoms with E-state index in [2.05, 4.69) is 10.0 Å². The highest BCUT2D eigenvalue weighted by molar-refractivity contribution is 7.89. The van der Waals surface area contributed by atoms with E-state index < -0.39 is 10.0 Å². The first-order chi connectivity index (χ1) is 8.63. The summed E-state index contributed by atoms with van der Waals surface area (Å²) in [5, 5.41) is 3.18. The van der Waals surface area contributed by atoms with Crippen molar-refractivity contribution in [2.75, 3.05) is 20.2 Å². The van der Waals surface area contributed by atoms with Crippen LogP contribution in [0.3, 0.4) is 0 Å². The lowest BCUT2D eigenvalue weighted by Crippen LogP contribution is -2.45. The zero-order chi connectivity index (χ0) is 13.0. The van der Waals surface area contributed by atoms with Crippen molar-refractivity contribution in [3.8, 4) is 5.75 Å². The van der Waals surface area contributed by atoms with Crippen molar-refractivity contribution in [1.29, 1.82) is 0 Å². The van der Waals surface area contributed by atoms with Crippen LogP contribution >= 0.6 is 0 Å². The van der Waals surface area contributed by atoms with E-state index in [4.69, 9.17) is 4.74 Å². The summed E-state index contributed by atoms with van der Waals surface area (Å²) in [4.78, 5) is 0.193. The zero-order valence-corrected chi connectivity index (χ0v) is 11.2. The number of hydrogen-bond donors (Lipinski definition) is 2. The molecule has 0 saturated carbocycles. The normalized spacial score (nSPS) is 20.6. The molecule has 0 amide bonds. The monoisotopic (exact) mass is 270 g/mol. The first-order valence-electron chi connectivity index (χ1n) is 5.99. The predicted molar refractivity (Wildman–Crippen MR) is 69.2 cm³/mol. The highest BCUT2D eigenvalue weighted by Crippen LogP contribution is 2.23. The van der Waals surface area contributed by atoms with E-state index in [1.54, 1.807) is 24.3 Å². The molecule has 0 aliphatic carbocycles. The summed E-state index contributed by atoms with van der Waals surface area (Å²) in [6, 6.07) is 6.59. The Morgan fingerprint density at radius 1 is 1.39 bits per heavy atom. The number of nitrogens with one attached hydrogen (secondary N) is 2. The van der Waals surface area contributed by atoms with Gasteiger partial charge in [-0.05, 0) is 31.5 Å². The molecular formula is C12H18N2O3S. The standard InChI is InChI=1S/C12H18N2O3S/c1-17-11-6-2-3-7-12(11)18(15,16)14-10-5-4-8-13-9-10/h2-3,6-7,10,13-14H,4-5,8-9H2,1H3/t10-/m1/s1. The Balaban J connectivity index is 2.19. The minimum absolute atomic E-state index is 0.0475. The van der Waals surface area contributed by atoms with Crippen molar-refractivity contribution in [1.82, 2.24) is 10.0 Å². The number of benzene rings is 1. The Kier molecular flexibility index (Phi) is 4.21. The third kappa shape index (κ3) is 3.01. The molecule has 2 rings (SSSR count). The molecule has 1 atom stereocenters. The molecule has 5 nitrogen and oxygen atoms in total. The summed E-state index contributed by atoms with van der Waals surface area (Å²) in [6.07, 6.45) is 1.85. The Bertz CT molecular complexity index is 496. The Morgan fingerprint density at radius 3 is 2.83 bits per heavy atom. The molecule has 1 saturated heterocycles. The van der Waals surface area contributed by atoms with E-state index in [9.17, 15) is 8.42 Å². The van der Waals surface area contributed by atoms with Crippen molar-refractivity contribution >= 4 is 10.0 Å². The van der Waals surface area contributed by atoms with Crippen LogP contribution in [0.5, 0.6) is 5.75 Å². The van der Waals surface area contributed by atoms with Gasteiger partial charge in [0, 0.05) is 12.6 Å². The van der Waals surface area contributed by atoms with Crippen LogP contribution in [0.25, 0.3) is 0 Å². The van der Waals surface area contributed by atoms with Gasteiger partial charge < -0.3 is 10.1 Å². The van der Waals surface area contributed by atoms with Gasteiger partial charge in [0.2, 0.25) is 10.0 Å². The largest absolute Gasteiger partial charge is 0.495 e. The van der Waals surface area contributed by atoms with Gasteiger partial charge in [0.1, 0.15) is 10.6 Å². The van der Waals surface area contributed by atoms with Gasteiger partial charge >= 0.3 is 0 Å². The number of piperidine rings is 1. The number of ether oxygens (including phenoxy) is 1. The minimum Gasteiger partial charge on any atom is -0.495 e. The van der Waals surface area contributed by atoms with Crippen molar-refractivity contribution < 1.29 is 13.2 Å². The number of hydrogen-bond acceptors (Lipinski definition) is 4. The van der Waals surface area contributed by atoms with Crippen LogP contribution in [0, 0.1) is 0 Å². The van der Waals surface area contributed by atoms with Crippen LogP contribution in [0.2, 0.25) is 0 Å². The summed E-state index contributed by atoms with van der Waals surface area (Å²) in [7, 11) is -2.05. The van der Waals surface area contributed by atoms with Gasteiger partial charge in [0.25, 0.3) is 0 Å². The van der Waals surface area contributed by atoms with Crippen LogP contribution in [-0.2, 0) is 10.0 Å². The second-order valence-electron chi connectivity index (χ2n) is 4.32. The van der Waals surface area contributed by atoms with Crippen molar-refractivity contribution in [2.45, 2.75) is 23.8 Å². The lowest BCUT2D eigenvalue weighted by Gasteiger charge is -2.24. The molecule has 0 unspecified atom stereocenters. The molecule has 2 N–H and O–H groups in total. The average Bonchev–Trinajstić information content (AvgIpc) is 2.39. The van der Waals surface area contributed by atoms with Gasteiger partial charge in [-0.15, -0.1) is 0 Å². The van der Waals surface area contributed by atoms with Gasteiger partial charge in [-0.3, -0.25) is 0 Å². The number of methoxy groups -OCH3 is 1.